The van der Waals surface area contributed by atoms with E-state index < -0.39 is 29.7 Å². The second kappa shape index (κ2) is 10.5. The van der Waals surface area contributed by atoms with E-state index in [4.69, 9.17) is 11.6 Å². The van der Waals surface area contributed by atoms with Gasteiger partial charge in [0.25, 0.3) is 17.7 Å². The minimum Gasteiger partial charge on any atom is -0.356 e. The van der Waals surface area contributed by atoms with Crippen molar-refractivity contribution in [2.75, 3.05) is 19.0 Å². The predicted molar refractivity (Wildman–Crippen MR) is 121 cm³/mol. The van der Waals surface area contributed by atoms with Gasteiger partial charge in [0, 0.05) is 17.4 Å². The summed E-state index contributed by atoms with van der Waals surface area (Å²) in [5, 5.41) is 7.43. The second-order valence-electron chi connectivity index (χ2n) is 8.32. The first-order chi connectivity index (χ1) is 15.3. The maximum atomic E-state index is 13.0. The summed E-state index contributed by atoms with van der Waals surface area (Å²) in [7, 11) is 0. The number of H-pyrrole nitrogens is 1. The van der Waals surface area contributed by atoms with Crippen molar-refractivity contribution >= 4 is 46.1 Å². The number of nitrogens with one attached hydrogen (secondary N) is 4. The number of para-hydroxylation sites is 1. The molecule has 0 aliphatic carbocycles. The highest BCUT2D eigenvalue weighted by atomic mass is 35.5. The van der Waals surface area contributed by atoms with Crippen molar-refractivity contribution in [2.24, 2.45) is 11.8 Å². The summed E-state index contributed by atoms with van der Waals surface area (Å²) in [5.41, 5.74) is 3.71. The standard InChI is InChI=1S/C22H28ClN5O4/c1-13(2)9-17(26-21(31)18-10-14-5-3-4-6-16(14)25-18)22(32)27-28(19(29)11-23)12-15-7-8-24-20(15)30/h3-6,10,13,15,17,25H,7-9,11-12H2,1-2H3,(H,24,30)(H,26,31)(H,27,32). The van der Waals surface area contributed by atoms with Crippen molar-refractivity contribution in [1.82, 2.24) is 26.1 Å². The van der Waals surface area contributed by atoms with Crippen LogP contribution in [0.5, 0.6) is 0 Å². The van der Waals surface area contributed by atoms with Gasteiger partial charge in [-0.25, -0.2) is 0 Å². The van der Waals surface area contributed by atoms with Gasteiger partial charge in [0.1, 0.15) is 17.6 Å². The largest absolute Gasteiger partial charge is 0.356 e. The molecule has 0 saturated carbocycles. The molecule has 2 aromatic rings. The Balaban J connectivity index is 1.72. The van der Waals surface area contributed by atoms with Crippen LogP contribution >= 0.6 is 11.6 Å². The number of hydrogen-bond acceptors (Lipinski definition) is 4. The number of hydrogen-bond donors (Lipinski definition) is 4. The van der Waals surface area contributed by atoms with Crippen molar-refractivity contribution in [1.29, 1.82) is 0 Å². The van der Waals surface area contributed by atoms with Crippen molar-refractivity contribution in [3.63, 3.8) is 0 Å². The lowest BCUT2D eigenvalue weighted by Crippen LogP contribution is -2.56. The van der Waals surface area contributed by atoms with E-state index in [9.17, 15) is 19.2 Å². The van der Waals surface area contributed by atoms with E-state index in [0.717, 1.165) is 15.9 Å². The van der Waals surface area contributed by atoms with Crippen molar-refractivity contribution in [2.45, 2.75) is 32.7 Å². The van der Waals surface area contributed by atoms with Crippen molar-refractivity contribution < 1.29 is 19.2 Å². The molecule has 1 fully saturated rings. The third-order valence-electron chi connectivity index (χ3n) is 5.33. The number of fused-ring (bicyclic) bond motifs is 1. The highest BCUT2D eigenvalue weighted by Crippen LogP contribution is 2.16. The number of hydrazine groups is 1. The molecule has 2 heterocycles. The molecule has 32 heavy (non-hydrogen) atoms. The summed E-state index contributed by atoms with van der Waals surface area (Å²) in [6.45, 7) is 4.41. The lowest BCUT2D eigenvalue weighted by atomic mass is 10.0. The Morgan fingerprint density at radius 2 is 2.00 bits per heavy atom. The van der Waals surface area contributed by atoms with Crippen LogP contribution in [-0.4, -0.2) is 58.6 Å². The van der Waals surface area contributed by atoms with Crippen molar-refractivity contribution in [3.8, 4) is 0 Å². The van der Waals surface area contributed by atoms with Gasteiger partial charge in [-0.15, -0.1) is 11.6 Å². The molecule has 10 heteroatoms. The number of carbonyl (C=O) groups is 4. The van der Waals surface area contributed by atoms with Crippen LogP contribution in [0.1, 0.15) is 37.2 Å². The van der Waals surface area contributed by atoms with E-state index in [0.29, 0.717) is 25.1 Å². The van der Waals surface area contributed by atoms with Crippen LogP contribution < -0.4 is 16.1 Å². The average Bonchev–Trinajstić information content (AvgIpc) is 3.37. The molecule has 2 unspecified atom stereocenters. The molecular weight excluding hydrogens is 434 g/mol. The van der Waals surface area contributed by atoms with E-state index in [2.05, 4.69) is 21.0 Å². The quantitative estimate of drug-likeness (QED) is 0.351. The molecule has 3 rings (SSSR count). The number of benzene rings is 1. The van der Waals surface area contributed by atoms with Gasteiger partial charge in [0.05, 0.1) is 12.5 Å². The minimum absolute atomic E-state index is 0.0213. The predicted octanol–water partition coefficient (Wildman–Crippen LogP) is 1.55. The maximum Gasteiger partial charge on any atom is 0.268 e. The van der Waals surface area contributed by atoms with Crippen LogP contribution in [-0.2, 0) is 14.4 Å². The third-order valence-corrected chi connectivity index (χ3v) is 5.56. The monoisotopic (exact) mass is 461 g/mol. The number of halogens is 1. The molecule has 1 aromatic carbocycles. The summed E-state index contributed by atoms with van der Waals surface area (Å²) < 4.78 is 0. The normalized spacial score (nSPS) is 16.6. The fourth-order valence-corrected chi connectivity index (χ4v) is 3.81. The first kappa shape index (κ1) is 23.6. The van der Waals surface area contributed by atoms with Crippen LogP contribution in [0.2, 0.25) is 0 Å². The topological polar surface area (TPSA) is 123 Å². The summed E-state index contributed by atoms with van der Waals surface area (Å²) in [6, 6.07) is 8.33. The first-order valence-corrected chi connectivity index (χ1v) is 11.1. The SMILES string of the molecule is CC(C)CC(NC(=O)c1cc2ccccc2[nH]1)C(=O)NN(CC1CCNC1=O)C(=O)CCl. The van der Waals surface area contributed by atoms with Crippen LogP contribution in [0.4, 0.5) is 0 Å². The number of carbonyl (C=O) groups excluding carboxylic acids is 4. The highest BCUT2D eigenvalue weighted by molar-refractivity contribution is 6.27. The smallest absolute Gasteiger partial charge is 0.268 e. The Labute approximate surface area is 191 Å². The summed E-state index contributed by atoms with van der Waals surface area (Å²) in [4.78, 5) is 53.1. The Morgan fingerprint density at radius 1 is 1.25 bits per heavy atom. The molecule has 0 radical (unpaired) electrons. The lowest BCUT2D eigenvalue weighted by molar-refractivity contribution is -0.142. The maximum absolute atomic E-state index is 13.0. The summed E-state index contributed by atoms with van der Waals surface area (Å²) >= 11 is 5.70. The Bertz CT molecular complexity index is 972. The zero-order valence-corrected chi connectivity index (χ0v) is 18.9. The van der Waals surface area contributed by atoms with Crippen LogP contribution in [0.15, 0.2) is 30.3 Å². The van der Waals surface area contributed by atoms with Gasteiger partial charge in [-0.05, 0) is 30.9 Å². The number of amides is 4. The van der Waals surface area contributed by atoms with Gasteiger partial charge < -0.3 is 15.6 Å². The molecule has 2 atom stereocenters. The molecule has 1 saturated heterocycles. The summed E-state index contributed by atoms with van der Waals surface area (Å²) in [5.74, 6) is -2.32. The molecule has 9 nitrogen and oxygen atoms in total. The molecular formula is C22H28ClN5O4. The van der Waals surface area contributed by atoms with E-state index in [1.807, 2.05) is 38.1 Å². The lowest BCUT2D eigenvalue weighted by Gasteiger charge is -2.28. The number of alkyl halides is 1. The van der Waals surface area contributed by atoms with Gasteiger partial charge in [0.15, 0.2) is 0 Å². The molecule has 0 spiro atoms. The van der Waals surface area contributed by atoms with Gasteiger partial charge >= 0.3 is 0 Å². The van der Waals surface area contributed by atoms with Gasteiger partial charge in [-0.2, -0.15) is 0 Å². The number of nitrogens with zero attached hydrogens (tertiary/aromatic N) is 1. The number of rotatable bonds is 8. The zero-order chi connectivity index (χ0) is 23.3. The van der Waals surface area contributed by atoms with Gasteiger partial charge in [-0.1, -0.05) is 32.0 Å². The van der Waals surface area contributed by atoms with Crippen LogP contribution in [0, 0.1) is 11.8 Å². The zero-order valence-electron chi connectivity index (χ0n) is 18.1. The second-order valence-corrected chi connectivity index (χ2v) is 8.58. The van der Waals surface area contributed by atoms with Crippen molar-refractivity contribution in [3.05, 3.63) is 36.0 Å². The molecule has 1 aliphatic rings. The molecule has 0 bridgehead atoms. The van der Waals surface area contributed by atoms with Crippen LogP contribution in [0.3, 0.4) is 0 Å². The first-order valence-electron chi connectivity index (χ1n) is 10.6. The van der Waals surface area contributed by atoms with E-state index in [1.165, 1.54) is 0 Å². The van der Waals surface area contributed by atoms with Gasteiger partial charge in [0.2, 0.25) is 5.91 Å². The fourth-order valence-electron chi connectivity index (χ4n) is 3.67. The molecule has 1 aliphatic heterocycles. The van der Waals surface area contributed by atoms with Gasteiger partial charge in [-0.3, -0.25) is 29.6 Å². The Morgan fingerprint density at radius 3 is 2.62 bits per heavy atom. The minimum atomic E-state index is -0.878. The Hall–Kier alpha value is -3.07. The number of aromatic amines is 1. The summed E-state index contributed by atoms with van der Waals surface area (Å²) in [6.07, 6.45) is 0.929. The third kappa shape index (κ3) is 5.79. The molecule has 4 amide bonds. The molecule has 1 aromatic heterocycles. The van der Waals surface area contributed by atoms with E-state index in [1.54, 1.807) is 6.07 Å². The van der Waals surface area contributed by atoms with E-state index in [-0.39, 0.29) is 24.2 Å². The highest BCUT2D eigenvalue weighted by Gasteiger charge is 2.31. The number of aromatic nitrogens is 1. The molecule has 172 valence electrons. The van der Waals surface area contributed by atoms with E-state index >= 15 is 0 Å². The molecule has 4 N–H and O–H groups in total. The average molecular weight is 462 g/mol. The van der Waals surface area contributed by atoms with Crippen LogP contribution in [0.25, 0.3) is 10.9 Å². The fraction of sp³-hybridized carbons (Fsp3) is 0.455. The Kier molecular flexibility index (Phi) is 7.74.